The molecule has 1 heterocycles. The van der Waals surface area contributed by atoms with E-state index in [0.29, 0.717) is 36.1 Å². The Hall–Kier alpha value is -3.30. The largest absolute Gasteiger partial charge is 0.573 e. The predicted molar refractivity (Wildman–Crippen MR) is 97.9 cm³/mol. The summed E-state index contributed by atoms with van der Waals surface area (Å²) in [6, 6.07) is 9.66. The van der Waals surface area contributed by atoms with Crippen LogP contribution in [-0.2, 0) is 0 Å². The Morgan fingerprint density at radius 2 is 1.79 bits per heavy atom. The summed E-state index contributed by atoms with van der Waals surface area (Å²) < 4.78 is 58.1. The molecule has 0 fully saturated rings. The first-order valence-corrected chi connectivity index (χ1v) is 8.70. The molecule has 0 unspecified atom stereocenters. The summed E-state index contributed by atoms with van der Waals surface area (Å²) in [6.45, 7) is -0.0368. The van der Waals surface area contributed by atoms with Crippen molar-refractivity contribution in [2.24, 2.45) is 0 Å². The zero-order valence-electron chi connectivity index (χ0n) is 15.1. The van der Waals surface area contributed by atoms with Gasteiger partial charge in [-0.1, -0.05) is 0 Å². The van der Waals surface area contributed by atoms with Gasteiger partial charge in [0.05, 0.1) is 18.8 Å². The molecule has 0 aliphatic heterocycles. The molecule has 0 radical (unpaired) electrons. The topological polar surface area (TPSA) is 76.2 Å². The first-order chi connectivity index (χ1) is 13.9. The number of fused-ring (bicyclic) bond motifs is 1. The number of ether oxygens (including phenoxy) is 2. The summed E-state index contributed by atoms with van der Waals surface area (Å²) in [5.74, 6) is -0.184. The van der Waals surface area contributed by atoms with E-state index in [-0.39, 0.29) is 11.4 Å². The van der Waals surface area contributed by atoms with E-state index in [1.54, 1.807) is 18.2 Å². The molecule has 0 spiro atoms. The number of carbonyl (C=O) groups excluding carboxylic acids is 1. The lowest BCUT2D eigenvalue weighted by molar-refractivity contribution is -0.274. The number of aromatic amines is 1. The van der Waals surface area contributed by atoms with E-state index in [1.165, 1.54) is 12.1 Å². The number of rotatable bonds is 8. The zero-order chi connectivity index (χ0) is 20.9. The zero-order valence-corrected chi connectivity index (χ0v) is 15.1. The third kappa shape index (κ3) is 5.59. The number of aromatic nitrogens is 2. The van der Waals surface area contributed by atoms with Gasteiger partial charge in [-0.2, -0.15) is 5.10 Å². The average molecular weight is 411 g/mol. The lowest BCUT2D eigenvalue weighted by atomic mass is 10.2. The number of alkyl halides is 4. The van der Waals surface area contributed by atoms with Gasteiger partial charge in [0.1, 0.15) is 11.5 Å². The van der Waals surface area contributed by atoms with E-state index in [1.807, 2.05) is 0 Å². The lowest BCUT2D eigenvalue weighted by Crippen LogP contribution is -2.17. The monoisotopic (exact) mass is 411 g/mol. The number of benzene rings is 2. The molecule has 10 heteroatoms. The molecule has 0 saturated heterocycles. The molecule has 0 atom stereocenters. The highest BCUT2D eigenvalue weighted by Gasteiger charge is 2.31. The van der Waals surface area contributed by atoms with Gasteiger partial charge in [0.25, 0.3) is 5.91 Å². The molecule has 0 bridgehead atoms. The summed E-state index contributed by atoms with van der Waals surface area (Å²) in [7, 11) is 0. The van der Waals surface area contributed by atoms with Crippen LogP contribution in [-0.4, -0.2) is 35.7 Å². The standard InChI is InChI=1S/C19H17F4N3O3/c20-9-1-2-10-28-14-7-8-16-15(11-14)17(26-25-16)24-18(27)12-3-5-13(6-4-12)29-19(21,22)23/h3-8,11H,1-2,9-10H2,(H2,24,25,26,27). The van der Waals surface area contributed by atoms with Gasteiger partial charge in [-0.25, -0.2) is 0 Å². The minimum atomic E-state index is -4.80. The quantitative estimate of drug-likeness (QED) is 0.411. The molecule has 3 aromatic rings. The van der Waals surface area contributed by atoms with Gasteiger partial charge >= 0.3 is 6.36 Å². The van der Waals surface area contributed by atoms with Gasteiger partial charge in [0.2, 0.25) is 0 Å². The van der Waals surface area contributed by atoms with Gasteiger partial charge < -0.3 is 14.8 Å². The highest BCUT2D eigenvalue weighted by Crippen LogP contribution is 2.27. The number of anilines is 1. The van der Waals surface area contributed by atoms with Gasteiger partial charge in [-0.3, -0.25) is 14.3 Å². The van der Waals surface area contributed by atoms with Crippen LogP contribution in [0.25, 0.3) is 10.9 Å². The highest BCUT2D eigenvalue weighted by atomic mass is 19.4. The van der Waals surface area contributed by atoms with E-state index < -0.39 is 24.7 Å². The molecule has 0 saturated carbocycles. The van der Waals surface area contributed by atoms with E-state index >= 15 is 0 Å². The van der Waals surface area contributed by atoms with Crippen molar-refractivity contribution >= 4 is 22.6 Å². The third-order valence-electron chi connectivity index (χ3n) is 3.91. The second kappa shape index (κ2) is 8.80. The minimum absolute atomic E-state index is 0.134. The molecule has 3 rings (SSSR count). The van der Waals surface area contributed by atoms with Crippen LogP contribution in [0.4, 0.5) is 23.4 Å². The number of amides is 1. The number of unbranched alkanes of at least 4 members (excludes halogenated alkanes) is 1. The normalized spacial score (nSPS) is 11.4. The Kier molecular flexibility index (Phi) is 6.20. The predicted octanol–water partition coefficient (Wildman–Crippen LogP) is 4.84. The molecule has 1 aromatic heterocycles. The van der Waals surface area contributed by atoms with Crippen molar-refractivity contribution in [2.75, 3.05) is 18.6 Å². The number of halogens is 4. The van der Waals surface area contributed by atoms with Crippen LogP contribution in [0.2, 0.25) is 0 Å². The Balaban J connectivity index is 1.69. The van der Waals surface area contributed by atoms with E-state index in [4.69, 9.17) is 4.74 Å². The maximum absolute atomic E-state index is 12.4. The summed E-state index contributed by atoms with van der Waals surface area (Å²) >= 11 is 0. The van der Waals surface area contributed by atoms with Crippen molar-refractivity contribution < 1.29 is 31.8 Å². The van der Waals surface area contributed by atoms with Gasteiger partial charge in [0, 0.05) is 10.9 Å². The summed E-state index contributed by atoms with van der Waals surface area (Å²) in [5.41, 5.74) is 0.791. The minimum Gasteiger partial charge on any atom is -0.494 e. The van der Waals surface area contributed by atoms with Gasteiger partial charge in [-0.15, -0.1) is 13.2 Å². The fraction of sp³-hybridized carbons (Fsp3) is 0.263. The van der Waals surface area contributed by atoms with Crippen molar-refractivity contribution in [1.29, 1.82) is 0 Å². The number of carbonyl (C=O) groups is 1. The van der Waals surface area contributed by atoms with Crippen molar-refractivity contribution in [3.05, 3.63) is 48.0 Å². The molecule has 0 aliphatic rings. The SMILES string of the molecule is O=C(Nc1n[nH]c2ccc(OCCCCF)cc12)c1ccc(OC(F)(F)F)cc1. The Morgan fingerprint density at radius 1 is 1.07 bits per heavy atom. The van der Waals surface area contributed by atoms with Gasteiger partial charge in [0.15, 0.2) is 5.82 Å². The van der Waals surface area contributed by atoms with Crippen LogP contribution < -0.4 is 14.8 Å². The van der Waals surface area contributed by atoms with E-state index in [2.05, 4.69) is 20.3 Å². The van der Waals surface area contributed by atoms with Crippen LogP contribution in [0.5, 0.6) is 11.5 Å². The molecule has 1 amide bonds. The molecule has 29 heavy (non-hydrogen) atoms. The first-order valence-electron chi connectivity index (χ1n) is 8.70. The maximum atomic E-state index is 12.4. The smallest absolute Gasteiger partial charge is 0.494 e. The van der Waals surface area contributed by atoms with Gasteiger partial charge in [-0.05, 0) is 55.3 Å². The van der Waals surface area contributed by atoms with Crippen LogP contribution >= 0.6 is 0 Å². The van der Waals surface area contributed by atoms with Crippen LogP contribution in [0, 0.1) is 0 Å². The van der Waals surface area contributed by atoms with Crippen molar-refractivity contribution in [3.8, 4) is 11.5 Å². The molecule has 0 aliphatic carbocycles. The van der Waals surface area contributed by atoms with E-state index in [0.717, 1.165) is 12.1 Å². The fourth-order valence-corrected chi connectivity index (χ4v) is 2.55. The van der Waals surface area contributed by atoms with Crippen LogP contribution in [0.15, 0.2) is 42.5 Å². The Morgan fingerprint density at radius 3 is 2.48 bits per heavy atom. The molecule has 154 valence electrons. The molecule has 2 N–H and O–H groups in total. The second-order valence-electron chi connectivity index (χ2n) is 6.05. The van der Waals surface area contributed by atoms with E-state index in [9.17, 15) is 22.4 Å². The number of nitrogens with one attached hydrogen (secondary N) is 2. The summed E-state index contributed by atoms with van der Waals surface area (Å²) in [5, 5.41) is 10.0. The number of H-pyrrole nitrogens is 1. The van der Waals surface area contributed by atoms with Crippen LogP contribution in [0.3, 0.4) is 0 Å². The average Bonchev–Trinajstić information content (AvgIpc) is 3.07. The molecule has 6 nitrogen and oxygen atoms in total. The fourth-order valence-electron chi connectivity index (χ4n) is 2.55. The molecular weight excluding hydrogens is 394 g/mol. The van der Waals surface area contributed by atoms with Crippen LogP contribution in [0.1, 0.15) is 23.2 Å². The molecule has 2 aromatic carbocycles. The lowest BCUT2D eigenvalue weighted by Gasteiger charge is -2.09. The number of hydrogen-bond acceptors (Lipinski definition) is 4. The number of hydrogen-bond donors (Lipinski definition) is 2. The highest BCUT2D eigenvalue weighted by molar-refractivity contribution is 6.08. The Bertz CT molecular complexity index is 971. The summed E-state index contributed by atoms with van der Waals surface area (Å²) in [4.78, 5) is 12.4. The third-order valence-corrected chi connectivity index (χ3v) is 3.91. The Labute approximate surface area is 162 Å². The maximum Gasteiger partial charge on any atom is 0.573 e. The molecular formula is C19H17F4N3O3. The number of nitrogens with zero attached hydrogens (tertiary/aromatic N) is 1. The van der Waals surface area contributed by atoms with Crippen molar-refractivity contribution in [2.45, 2.75) is 19.2 Å². The summed E-state index contributed by atoms with van der Waals surface area (Å²) in [6.07, 6.45) is -3.80. The van der Waals surface area contributed by atoms with Crippen molar-refractivity contribution in [3.63, 3.8) is 0 Å². The van der Waals surface area contributed by atoms with Crippen molar-refractivity contribution in [1.82, 2.24) is 10.2 Å². The second-order valence-corrected chi connectivity index (χ2v) is 6.05. The first kappa shape index (κ1) is 20.4.